The van der Waals surface area contributed by atoms with Crippen LogP contribution in [0.1, 0.15) is 40.5 Å². The molecule has 2 heteroatoms. The summed E-state index contributed by atoms with van der Waals surface area (Å²) in [6, 6.07) is 1.11. The van der Waals surface area contributed by atoms with Gasteiger partial charge in [-0.15, -0.1) is 0 Å². The number of nitrogens with two attached hydrogens (primary N) is 1. The van der Waals surface area contributed by atoms with E-state index in [4.69, 9.17) is 5.73 Å². The van der Waals surface area contributed by atoms with Crippen LogP contribution < -0.4 is 5.73 Å². The molecule has 1 rings (SSSR count). The lowest BCUT2D eigenvalue weighted by Crippen LogP contribution is -2.35. The summed E-state index contributed by atoms with van der Waals surface area (Å²) < 4.78 is 0. The molecule has 0 bridgehead atoms. The van der Waals surface area contributed by atoms with Crippen molar-refractivity contribution in [1.82, 2.24) is 4.90 Å². The molecule has 0 aromatic heterocycles. The molecule has 1 saturated heterocycles. The van der Waals surface area contributed by atoms with E-state index in [9.17, 15) is 0 Å². The highest BCUT2D eigenvalue weighted by atomic mass is 15.2. The molecular weight excluding hydrogens is 160 g/mol. The number of hydrogen-bond donors (Lipinski definition) is 1. The summed E-state index contributed by atoms with van der Waals surface area (Å²) in [7, 11) is 0. The average molecular weight is 184 g/mol. The van der Waals surface area contributed by atoms with Gasteiger partial charge in [-0.05, 0) is 31.7 Å². The van der Waals surface area contributed by atoms with Crippen LogP contribution in [-0.2, 0) is 0 Å². The highest BCUT2D eigenvalue weighted by molar-refractivity contribution is 4.83. The molecule has 1 aliphatic heterocycles. The van der Waals surface area contributed by atoms with Gasteiger partial charge in [-0.3, -0.25) is 4.90 Å². The van der Waals surface area contributed by atoms with E-state index < -0.39 is 0 Å². The van der Waals surface area contributed by atoms with Gasteiger partial charge in [0.05, 0.1) is 0 Å². The molecule has 0 saturated carbocycles. The van der Waals surface area contributed by atoms with Gasteiger partial charge in [0.1, 0.15) is 0 Å². The monoisotopic (exact) mass is 184 g/mol. The maximum Gasteiger partial charge on any atom is 0.0180 e. The molecule has 0 aliphatic carbocycles. The molecule has 78 valence electrons. The minimum Gasteiger partial charge on any atom is -0.326 e. The first-order chi connectivity index (χ1) is 5.88. The van der Waals surface area contributed by atoms with E-state index >= 15 is 0 Å². The summed E-state index contributed by atoms with van der Waals surface area (Å²) in [5.41, 5.74) is 6.32. The normalized spacial score (nSPS) is 27.9. The van der Waals surface area contributed by atoms with Gasteiger partial charge in [0, 0.05) is 18.6 Å². The first kappa shape index (κ1) is 11.0. The van der Waals surface area contributed by atoms with E-state index in [1.807, 2.05) is 0 Å². The van der Waals surface area contributed by atoms with Crippen LogP contribution in [0.3, 0.4) is 0 Å². The molecule has 0 radical (unpaired) electrons. The standard InChI is InChI=1S/C11H24N2/c1-9(7-11(2,3)4)13-6-5-10(12)8-13/h9-10H,5-8,12H2,1-4H3. The van der Waals surface area contributed by atoms with Crippen molar-refractivity contribution in [3.05, 3.63) is 0 Å². The zero-order chi connectivity index (χ0) is 10.1. The molecule has 1 aliphatic rings. The maximum atomic E-state index is 5.89. The van der Waals surface area contributed by atoms with Gasteiger partial charge < -0.3 is 5.73 Å². The second-order valence-corrected chi connectivity index (χ2v) is 5.66. The summed E-state index contributed by atoms with van der Waals surface area (Å²) in [6.45, 7) is 11.5. The van der Waals surface area contributed by atoms with Gasteiger partial charge in [0.2, 0.25) is 0 Å². The fourth-order valence-corrected chi connectivity index (χ4v) is 2.23. The fraction of sp³-hybridized carbons (Fsp3) is 1.00. The molecule has 0 spiro atoms. The molecular formula is C11H24N2. The molecule has 1 heterocycles. The van der Waals surface area contributed by atoms with Gasteiger partial charge in [-0.25, -0.2) is 0 Å². The minimum atomic E-state index is 0.419. The van der Waals surface area contributed by atoms with Crippen molar-refractivity contribution in [3.63, 3.8) is 0 Å². The SMILES string of the molecule is CC(CC(C)(C)C)N1CCC(N)C1. The maximum absolute atomic E-state index is 5.89. The second kappa shape index (κ2) is 3.97. The van der Waals surface area contributed by atoms with E-state index in [1.54, 1.807) is 0 Å². The predicted molar refractivity (Wildman–Crippen MR) is 57.7 cm³/mol. The van der Waals surface area contributed by atoms with Crippen molar-refractivity contribution in [2.24, 2.45) is 11.1 Å². The Labute approximate surface area is 82.5 Å². The number of rotatable bonds is 2. The Kier molecular flexibility index (Phi) is 3.36. The van der Waals surface area contributed by atoms with Crippen LogP contribution in [0, 0.1) is 5.41 Å². The molecule has 0 aromatic carbocycles. The first-order valence-corrected chi connectivity index (χ1v) is 5.38. The van der Waals surface area contributed by atoms with Crippen molar-refractivity contribution in [3.8, 4) is 0 Å². The third-order valence-corrected chi connectivity index (χ3v) is 2.79. The van der Waals surface area contributed by atoms with Gasteiger partial charge in [-0.2, -0.15) is 0 Å². The van der Waals surface area contributed by atoms with Crippen LogP contribution in [0.5, 0.6) is 0 Å². The van der Waals surface area contributed by atoms with Gasteiger partial charge in [-0.1, -0.05) is 20.8 Å². The molecule has 1 fully saturated rings. The number of nitrogens with zero attached hydrogens (tertiary/aromatic N) is 1. The van der Waals surface area contributed by atoms with Crippen LogP contribution in [0.15, 0.2) is 0 Å². The predicted octanol–water partition coefficient (Wildman–Crippen LogP) is 1.84. The Bertz CT molecular complexity index is 160. The molecule has 2 atom stereocenters. The van der Waals surface area contributed by atoms with Crippen molar-refractivity contribution < 1.29 is 0 Å². The van der Waals surface area contributed by atoms with Crippen LogP contribution in [0.2, 0.25) is 0 Å². The third kappa shape index (κ3) is 3.65. The smallest absolute Gasteiger partial charge is 0.0180 e. The molecule has 0 amide bonds. The molecule has 2 unspecified atom stereocenters. The molecule has 2 nitrogen and oxygen atoms in total. The lowest BCUT2D eigenvalue weighted by atomic mass is 9.88. The highest BCUT2D eigenvalue weighted by Gasteiger charge is 2.26. The Balaban J connectivity index is 2.36. The third-order valence-electron chi connectivity index (χ3n) is 2.79. The Morgan fingerprint density at radius 1 is 1.46 bits per heavy atom. The van der Waals surface area contributed by atoms with Crippen molar-refractivity contribution in [1.29, 1.82) is 0 Å². The Morgan fingerprint density at radius 2 is 2.08 bits per heavy atom. The van der Waals surface area contributed by atoms with E-state index in [-0.39, 0.29) is 0 Å². The Hall–Kier alpha value is -0.0800. The van der Waals surface area contributed by atoms with Crippen LogP contribution in [0.25, 0.3) is 0 Å². The quantitative estimate of drug-likeness (QED) is 0.709. The fourth-order valence-electron chi connectivity index (χ4n) is 2.23. The average Bonchev–Trinajstić information content (AvgIpc) is 2.31. The molecule has 13 heavy (non-hydrogen) atoms. The van der Waals surface area contributed by atoms with Crippen LogP contribution in [-0.4, -0.2) is 30.1 Å². The topological polar surface area (TPSA) is 29.3 Å². The summed E-state index contributed by atoms with van der Waals surface area (Å²) in [5, 5.41) is 0. The zero-order valence-corrected chi connectivity index (χ0v) is 9.51. The van der Waals surface area contributed by atoms with E-state index in [0.29, 0.717) is 17.5 Å². The molecule has 2 N–H and O–H groups in total. The first-order valence-electron chi connectivity index (χ1n) is 5.38. The van der Waals surface area contributed by atoms with Gasteiger partial charge in [0.15, 0.2) is 0 Å². The Morgan fingerprint density at radius 3 is 2.46 bits per heavy atom. The summed E-state index contributed by atoms with van der Waals surface area (Å²) >= 11 is 0. The van der Waals surface area contributed by atoms with Gasteiger partial charge in [0.25, 0.3) is 0 Å². The van der Waals surface area contributed by atoms with Crippen LogP contribution in [0.4, 0.5) is 0 Å². The lowest BCUT2D eigenvalue weighted by Gasteiger charge is -2.30. The van der Waals surface area contributed by atoms with Gasteiger partial charge >= 0.3 is 0 Å². The van der Waals surface area contributed by atoms with Crippen molar-refractivity contribution >= 4 is 0 Å². The van der Waals surface area contributed by atoms with E-state index in [2.05, 4.69) is 32.6 Å². The minimum absolute atomic E-state index is 0.419. The summed E-state index contributed by atoms with van der Waals surface area (Å²) in [6.07, 6.45) is 2.44. The van der Waals surface area contributed by atoms with E-state index in [0.717, 1.165) is 6.54 Å². The lowest BCUT2D eigenvalue weighted by molar-refractivity contribution is 0.190. The van der Waals surface area contributed by atoms with Crippen LogP contribution >= 0.6 is 0 Å². The molecule has 0 aromatic rings. The number of likely N-dealkylation sites (tertiary alicyclic amines) is 1. The second-order valence-electron chi connectivity index (χ2n) is 5.66. The van der Waals surface area contributed by atoms with E-state index in [1.165, 1.54) is 19.4 Å². The summed E-state index contributed by atoms with van der Waals surface area (Å²) in [4.78, 5) is 2.52. The summed E-state index contributed by atoms with van der Waals surface area (Å²) in [5.74, 6) is 0. The highest BCUT2D eigenvalue weighted by Crippen LogP contribution is 2.25. The zero-order valence-electron chi connectivity index (χ0n) is 9.51. The number of hydrogen-bond acceptors (Lipinski definition) is 2. The largest absolute Gasteiger partial charge is 0.326 e. The van der Waals surface area contributed by atoms with Crippen molar-refractivity contribution in [2.75, 3.05) is 13.1 Å². The van der Waals surface area contributed by atoms with Crippen molar-refractivity contribution in [2.45, 2.75) is 52.6 Å².